The maximum absolute atomic E-state index is 13.2. The van der Waals surface area contributed by atoms with Gasteiger partial charge in [0, 0.05) is 11.1 Å². The Kier molecular flexibility index (Phi) is 4.47. The van der Waals surface area contributed by atoms with Gasteiger partial charge in [-0.3, -0.25) is 9.89 Å². The standard InChI is InChI=1S/C18H10F4N2O/c19-13-4-1-10(7-15(13)21)17-9-12(23-24-17)3-6-18(25)11-2-5-14(20)16(22)8-11/h1-9H,(H,23,24)/b6-3+. The second-order valence-electron chi connectivity index (χ2n) is 5.16. The molecule has 0 aliphatic rings. The highest BCUT2D eigenvalue weighted by Crippen LogP contribution is 2.20. The fourth-order valence-corrected chi connectivity index (χ4v) is 2.14. The zero-order valence-electron chi connectivity index (χ0n) is 12.6. The quantitative estimate of drug-likeness (QED) is 0.429. The Balaban J connectivity index is 1.78. The monoisotopic (exact) mass is 346 g/mol. The predicted octanol–water partition coefficient (Wildman–Crippen LogP) is 4.53. The van der Waals surface area contributed by atoms with Crippen LogP contribution in [0.25, 0.3) is 17.3 Å². The number of aromatic amines is 1. The molecule has 0 saturated heterocycles. The number of hydrogen-bond acceptors (Lipinski definition) is 2. The number of rotatable bonds is 4. The van der Waals surface area contributed by atoms with Gasteiger partial charge in [0.25, 0.3) is 0 Å². The van der Waals surface area contributed by atoms with Crippen LogP contribution in [0.15, 0.2) is 48.5 Å². The number of H-pyrrole nitrogens is 1. The molecule has 0 aliphatic heterocycles. The number of ketones is 1. The zero-order valence-corrected chi connectivity index (χ0v) is 12.6. The van der Waals surface area contributed by atoms with Crippen LogP contribution < -0.4 is 0 Å². The average molecular weight is 346 g/mol. The van der Waals surface area contributed by atoms with Crippen molar-refractivity contribution in [3.63, 3.8) is 0 Å². The maximum Gasteiger partial charge on any atom is 0.186 e. The van der Waals surface area contributed by atoms with Gasteiger partial charge in [-0.25, -0.2) is 17.6 Å². The van der Waals surface area contributed by atoms with E-state index in [1.807, 2.05) is 0 Å². The first-order valence-electron chi connectivity index (χ1n) is 7.12. The van der Waals surface area contributed by atoms with Crippen LogP contribution in [0.4, 0.5) is 17.6 Å². The summed E-state index contributed by atoms with van der Waals surface area (Å²) in [6, 6.07) is 7.74. The molecule has 0 radical (unpaired) electrons. The molecule has 3 aromatic rings. The molecule has 0 aliphatic carbocycles. The van der Waals surface area contributed by atoms with E-state index in [-0.39, 0.29) is 5.56 Å². The van der Waals surface area contributed by atoms with Crippen LogP contribution in [0, 0.1) is 23.3 Å². The van der Waals surface area contributed by atoms with Crippen LogP contribution in [0.2, 0.25) is 0 Å². The van der Waals surface area contributed by atoms with Gasteiger partial charge >= 0.3 is 0 Å². The third-order valence-electron chi connectivity index (χ3n) is 3.43. The molecule has 0 atom stereocenters. The molecule has 3 nitrogen and oxygen atoms in total. The van der Waals surface area contributed by atoms with Gasteiger partial charge in [-0.15, -0.1) is 0 Å². The fourth-order valence-electron chi connectivity index (χ4n) is 2.14. The van der Waals surface area contributed by atoms with Crippen LogP contribution in [-0.2, 0) is 0 Å². The average Bonchev–Trinajstić information content (AvgIpc) is 3.06. The summed E-state index contributed by atoms with van der Waals surface area (Å²) >= 11 is 0. The van der Waals surface area contributed by atoms with E-state index in [0.29, 0.717) is 17.0 Å². The molecular weight excluding hydrogens is 336 g/mol. The summed E-state index contributed by atoms with van der Waals surface area (Å²) in [5.41, 5.74) is 1.15. The van der Waals surface area contributed by atoms with Gasteiger partial charge in [0.1, 0.15) is 0 Å². The second-order valence-corrected chi connectivity index (χ2v) is 5.16. The van der Waals surface area contributed by atoms with E-state index in [1.165, 1.54) is 24.3 Å². The van der Waals surface area contributed by atoms with Gasteiger partial charge < -0.3 is 0 Å². The lowest BCUT2D eigenvalue weighted by Gasteiger charge is -1.97. The minimum Gasteiger partial charge on any atom is -0.289 e. The Bertz CT molecular complexity index is 979. The number of benzene rings is 2. The van der Waals surface area contributed by atoms with E-state index in [4.69, 9.17) is 0 Å². The Hall–Kier alpha value is -3.22. The van der Waals surface area contributed by atoms with Crippen LogP contribution >= 0.6 is 0 Å². The van der Waals surface area contributed by atoms with E-state index in [1.54, 1.807) is 0 Å². The summed E-state index contributed by atoms with van der Waals surface area (Å²) in [4.78, 5) is 11.9. The smallest absolute Gasteiger partial charge is 0.186 e. The lowest BCUT2D eigenvalue weighted by molar-refractivity contribution is 0.104. The molecule has 25 heavy (non-hydrogen) atoms. The van der Waals surface area contributed by atoms with E-state index in [2.05, 4.69) is 10.2 Å². The normalized spacial score (nSPS) is 11.2. The van der Waals surface area contributed by atoms with Crippen LogP contribution in [0.3, 0.4) is 0 Å². The van der Waals surface area contributed by atoms with Gasteiger partial charge in [0.15, 0.2) is 29.1 Å². The van der Waals surface area contributed by atoms with Gasteiger partial charge in [-0.1, -0.05) is 0 Å². The van der Waals surface area contributed by atoms with Crippen molar-refractivity contribution >= 4 is 11.9 Å². The van der Waals surface area contributed by atoms with Gasteiger partial charge in [0.2, 0.25) is 0 Å². The molecule has 0 fully saturated rings. The minimum absolute atomic E-state index is 0.00417. The van der Waals surface area contributed by atoms with Gasteiger partial charge in [-0.05, 0) is 54.6 Å². The van der Waals surface area contributed by atoms with E-state index in [9.17, 15) is 22.4 Å². The van der Waals surface area contributed by atoms with E-state index >= 15 is 0 Å². The molecule has 0 bridgehead atoms. The van der Waals surface area contributed by atoms with Crippen molar-refractivity contribution in [2.45, 2.75) is 0 Å². The summed E-state index contributed by atoms with van der Waals surface area (Å²) < 4.78 is 52.2. The summed E-state index contributed by atoms with van der Waals surface area (Å²) in [6.07, 6.45) is 2.55. The number of halogens is 4. The third kappa shape index (κ3) is 3.65. The molecule has 1 aromatic heterocycles. The van der Waals surface area contributed by atoms with E-state index in [0.717, 1.165) is 30.3 Å². The number of allylic oxidation sites excluding steroid dienone is 1. The first kappa shape index (κ1) is 16.6. The van der Waals surface area contributed by atoms with Crippen LogP contribution in [0.5, 0.6) is 0 Å². The number of nitrogens with one attached hydrogen (secondary N) is 1. The SMILES string of the molecule is O=C(/C=C/c1cc(-c2ccc(F)c(F)c2)n[nH]1)c1ccc(F)c(F)c1. The molecule has 1 heterocycles. The Morgan fingerprint density at radius 3 is 2.24 bits per heavy atom. The van der Waals surface area contributed by atoms with Crippen molar-refractivity contribution in [3.8, 4) is 11.3 Å². The molecule has 0 amide bonds. The van der Waals surface area contributed by atoms with Crippen LogP contribution in [0.1, 0.15) is 16.1 Å². The number of carbonyl (C=O) groups is 1. The fraction of sp³-hybridized carbons (Fsp3) is 0. The Morgan fingerprint density at radius 1 is 0.880 bits per heavy atom. The van der Waals surface area contributed by atoms with E-state index < -0.39 is 29.1 Å². The molecule has 3 rings (SSSR count). The number of carbonyl (C=O) groups excluding carboxylic acids is 1. The minimum atomic E-state index is -1.11. The molecule has 7 heteroatoms. The predicted molar refractivity (Wildman–Crippen MR) is 83.7 cm³/mol. The largest absolute Gasteiger partial charge is 0.289 e. The highest BCUT2D eigenvalue weighted by molar-refractivity contribution is 6.06. The first-order chi connectivity index (χ1) is 11.9. The number of hydrogen-bond donors (Lipinski definition) is 1. The zero-order chi connectivity index (χ0) is 18.0. The first-order valence-corrected chi connectivity index (χ1v) is 7.12. The lowest BCUT2D eigenvalue weighted by Crippen LogP contribution is -1.96. The topological polar surface area (TPSA) is 45.8 Å². The van der Waals surface area contributed by atoms with Crippen molar-refractivity contribution < 1.29 is 22.4 Å². The second kappa shape index (κ2) is 6.72. The number of aromatic nitrogens is 2. The highest BCUT2D eigenvalue weighted by Gasteiger charge is 2.09. The van der Waals surface area contributed by atoms with Gasteiger partial charge in [-0.2, -0.15) is 5.10 Å². The third-order valence-corrected chi connectivity index (χ3v) is 3.43. The Morgan fingerprint density at radius 2 is 1.56 bits per heavy atom. The van der Waals surface area contributed by atoms with Crippen LogP contribution in [-0.4, -0.2) is 16.0 Å². The lowest BCUT2D eigenvalue weighted by atomic mass is 10.1. The molecular formula is C18H10F4N2O. The molecule has 0 unspecified atom stereocenters. The van der Waals surface area contributed by atoms with Crippen molar-refractivity contribution in [1.82, 2.24) is 10.2 Å². The molecule has 126 valence electrons. The van der Waals surface area contributed by atoms with Crippen molar-refractivity contribution in [2.24, 2.45) is 0 Å². The molecule has 2 aromatic carbocycles. The summed E-state index contributed by atoms with van der Waals surface area (Å²) in [7, 11) is 0. The highest BCUT2D eigenvalue weighted by atomic mass is 19.2. The van der Waals surface area contributed by atoms with Gasteiger partial charge in [0.05, 0.1) is 11.4 Å². The van der Waals surface area contributed by atoms with Crippen molar-refractivity contribution in [3.05, 3.63) is 83.1 Å². The molecule has 1 N–H and O–H groups in total. The molecule has 0 spiro atoms. The summed E-state index contributed by atoms with van der Waals surface area (Å²) in [5, 5.41) is 6.57. The Labute approximate surface area is 139 Å². The van der Waals surface area contributed by atoms with Crippen molar-refractivity contribution in [2.75, 3.05) is 0 Å². The number of nitrogens with zero attached hydrogens (tertiary/aromatic N) is 1. The summed E-state index contributed by atoms with van der Waals surface area (Å²) in [5.74, 6) is -4.63. The maximum atomic E-state index is 13.2. The van der Waals surface area contributed by atoms with Crippen molar-refractivity contribution in [1.29, 1.82) is 0 Å². The summed E-state index contributed by atoms with van der Waals surface area (Å²) in [6.45, 7) is 0. The molecule has 0 saturated carbocycles.